The first-order chi connectivity index (χ1) is 14.0. The summed E-state index contributed by atoms with van der Waals surface area (Å²) in [6.45, 7) is 7.96. The van der Waals surface area contributed by atoms with Gasteiger partial charge in [0.25, 0.3) is 5.91 Å². The van der Waals surface area contributed by atoms with Crippen LogP contribution in [0.25, 0.3) is 10.2 Å². The summed E-state index contributed by atoms with van der Waals surface area (Å²) in [4.78, 5) is 36.1. The highest BCUT2D eigenvalue weighted by Gasteiger charge is 2.56. The lowest BCUT2D eigenvalue weighted by molar-refractivity contribution is -0.133. The number of carbonyl (C=O) groups excluding carboxylic acids is 2. The molecule has 1 N–H and O–H groups in total. The Balaban J connectivity index is 1.19. The Kier molecular flexibility index (Phi) is 4.60. The molecule has 3 heterocycles. The number of para-hydroxylation sites is 1. The maximum atomic E-state index is 12.8. The average Bonchev–Trinajstić information content (AvgIpc) is 3.46. The molecule has 0 bridgehead atoms. The number of carbonyl (C=O) groups is 2. The van der Waals surface area contributed by atoms with Gasteiger partial charge in [-0.15, -0.1) is 11.3 Å². The number of imide groups is 1. The van der Waals surface area contributed by atoms with Crippen LogP contribution < -0.4 is 5.32 Å². The largest absolute Gasteiger partial charge is 0.326 e. The Morgan fingerprint density at radius 3 is 2.62 bits per heavy atom. The average molecular weight is 414 g/mol. The number of fused-ring (bicyclic) bond motifs is 1. The molecule has 3 fully saturated rings. The van der Waals surface area contributed by atoms with E-state index in [2.05, 4.69) is 40.2 Å². The lowest BCUT2D eigenvalue weighted by Gasteiger charge is -2.38. The standard InChI is InChI=1S/C21H27N5O2S/c1-14(18-22-16-5-3-4-6-17(16)29-18)25-11-9-24(10-12-25)13-26-19(27)21(2,15-7-8-15)23-20(26)28/h3-6,14-15H,7-13H2,1-2H3,(H,23,28). The second-order valence-corrected chi connectivity index (χ2v) is 9.69. The molecule has 3 amide bonds. The molecule has 1 aromatic heterocycles. The molecule has 8 heteroatoms. The van der Waals surface area contributed by atoms with Crippen LogP contribution in [0.1, 0.15) is 37.7 Å². The van der Waals surface area contributed by atoms with Crippen LogP contribution in [0.15, 0.2) is 24.3 Å². The predicted molar refractivity (Wildman–Crippen MR) is 113 cm³/mol. The molecule has 154 valence electrons. The van der Waals surface area contributed by atoms with Crippen molar-refractivity contribution < 1.29 is 9.59 Å². The van der Waals surface area contributed by atoms with Crippen molar-refractivity contribution in [2.75, 3.05) is 32.8 Å². The van der Waals surface area contributed by atoms with E-state index in [1.165, 1.54) is 9.60 Å². The molecule has 3 aliphatic rings. The van der Waals surface area contributed by atoms with E-state index in [1.807, 2.05) is 13.0 Å². The zero-order chi connectivity index (χ0) is 20.2. The van der Waals surface area contributed by atoms with Crippen molar-refractivity contribution >= 4 is 33.5 Å². The molecular formula is C21H27N5O2S. The van der Waals surface area contributed by atoms with Crippen LogP contribution in [-0.2, 0) is 4.79 Å². The first-order valence-electron chi connectivity index (χ1n) is 10.4. The van der Waals surface area contributed by atoms with E-state index in [1.54, 1.807) is 11.3 Å². The van der Waals surface area contributed by atoms with Gasteiger partial charge >= 0.3 is 6.03 Å². The number of hydrogen-bond donors (Lipinski definition) is 1. The third-order valence-corrected chi connectivity index (χ3v) is 7.87. The summed E-state index contributed by atoms with van der Waals surface area (Å²) in [5.74, 6) is 0.241. The maximum Gasteiger partial charge on any atom is 0.326 e. The molecule has 1 aliphatic carbocycles. The molecule has 0 spiro atoms. The number of amides is 3. The summed E-state index contributed by atoms with van der Waals surface area (Å²) in [5.41, 5.74) is 0.371. The number of piperazine rings is 1. The van der Waals surface area contributed by atoms with Crippen LogP contribution in [0.3, 0.4) is 0 Å². The minimum absolute atomic E-state index is 0.0599. The Hall–Kier alpha value is -2.03. The van der Waals surface area contributed by atoms with Gasteiger partial charge in [-0.2, -0.15) is 0 Å². The van der Waals surface area contributed by atoms with Crippen molar-refractivity contribution in [1.29, 1.82) is 0 Å². The number of benzene rings is 1. The van der Waals surface area contributed by atoms with Gasteiger partial charge in [-0.05, 0) is 44.7 Å². The van der Waals surface area contributed by atoms with E-state index in [4.69, 9.17) is 4.98 Å². The minimum Gasteiger partial charge on any atom is -0.323 e. The zero-order valence-corrected chi connectivity index (χ0v) is 17.7. The SMILES string of the molecule is CC(c1nc2ccccc2s1)N1CCN(CN2C(=O)NC(C)(C3CC3)C2=O)CC1. The van der Waals surface area contributed by atoms with E-state index in [0.717, 1.165) is 49.5 Å². The van der Waals surface area contributed by atoms with Gasteiger partial charge in [0.2, 0.25) is 0 Å². The van der Waals surface area contributed by atoms with Crippen molar-refractivity contribution in [1.82, 2.24) is 25.0 Å². The van der Waals surface area contributed by atoms with E-state index >= 15 is 0 Å². The number of rotatable bonds is 5. The van der Waals surface area contributed by atoms with Gasteiger partial charge in [-0.1, -0.05) is 12.1 Å². The van der Waals surface area contributed by atoms with Gasteiger partial charge in [-0.25, -0.2) is 14.7 Å². The van der Waals surface area contributed by atoms with Crippen LogP contribution >= 0.6 is 11.3 Å². The molecule has 7 nitrogen and oxygen atoms in total. The Labute approximate surface area is 174 Å². The summed E-state index contributed by atoms with van der Waals surface area (Å²) >= 11 is 1.76. The highest BCUT2D eigenvalue weighted by molar-refractivity contribution is 7.18. The Bertz CT molecular complexity index is 916. The van der Waals surface area contributed by atoms with E-state index in [9.17, 15) is 9.59 Å². The molecule has 2 unspecified atom stereocenters. The summed E-state index contributed by atoms with van der Waals surface area (Å²) in [5, 5.41) is 4.08. The topological polar surface area (TPSA) is 68.8 Å². The molecular weight excluding hydrogens is 386 g/mol. The van der Waals surface area contributed by atoms with Crippen LogP contribution in [-0.4, -0.2) is 70.0 Å². The van der Waals surface area contributed by atoms with Crippen LogP contribution in [0, 0.1) is 5.92 Å². The fourth-order valence-corrected chi connectivity index (χ4v) is 5.55. The molecule has 1 saturated carbocycles. The van der Waals surface area contributed by atoms with Crippen molar-refractivity contribution in [2.45, 2.75) is 38.3 Å². The molecule has 1 aromatic carbocycles. The Morgan fingerprint density at radius 1 is 1.21 bits per heavy atom. The van der Waals surface area contributed by atoms with Gasteiger partial charge in [0.05, 0.1) is 22.9 Å². The fraction of sp³-hybridized carbons (Fsp3) is 0.571. The second-order valence-electron chi connectivity index (χ2n) is 8.63. The number of nitrogens with one attached hydrogen (secondary N) is 1. The van der Waals surface area contributed by atoms with Gasteiger partial charge in [0.15, 0.2) is 0 Å². The highest BCUT2D eigenvalue weighted by Crippen LogP contribution is 2.42. The summed E-state index contributed by atoms with van der Waals surface area (Å²) in [7, 11) is 0. The number of hydrogen-bond acceptors (Lipinski definition) is 6. The molecule has 5 rings (SSSR count). The third-order valence-electron chi connectivity index (χ3n) is 6.66. The first-order valence-corrected chi connectivity index (χ1v) is 11.2. The van der Waals surface area contributed by atoms with Gasteiger partial charge in [0, 0.05) is 26.2 Å². The number of urea groups is 1. The van der Waals surface area contributed by atoms with E-state index in [-0.39, 0.29) is 18.0 Å². The van der Waals surface area contributed by atoms with Crippen molar-refractivity contribution in [3.05, 3.63) is 29.3 Å². The van der Waals surface area contributed by atoms with Crippen LogP contribution in [0.2, 0.25) is 0 Å². The number of aromatic nitrogens is 1. The van der Waals surface area contributed by atoms with Gasteiger partial charge in [0.1, 0.15) is 10.5 Å². The lowest BCUT2D eigenvalue weighted by Crippen LogP contribution is -2.52. The van der Waals surface area contributed by atoms with Crippen LogP contribution in [0.4, 0.5) is 4.79 Å². The molecule has 2 atom stereocenters. The minimum atomic E-state index is -0.694. The molecule has 0 radical (unpaired) electrons. The van der Waals surface area contributed by atoms with Crippen molar-refractivity contribution in [3.63, 3.8) is 0 Å². The van der Waals surface area contributed by atoms with Crippen molar-refractivity contribution in [3.8, 4) is 0 Å². The monoisotopic (exact) mass is 413 g/mol. The smallest absolute Gasteiger partial charge is 0.323 e. The third kappa shape index (κ3) is 3.33. The summed E-state index contributed by atoms with van der Waals surface area (Å²) in [6, 6.07) is 8.29. The maximum absolute atomic E-state index is 12.8. The second kappa shape index (κ2) is 7.04. The molecule has 2 aliphatic heterocycles. The van der Waals surface area contributed by atoms with Gasteiger partial charge in [-0.3, -0.25) is 14.6 Å². The number of nitrogens with zero attached hydrogens (tertiary/aromatic N) is 4. The lowest BCUT2D eigenvalue weighted by atomic mass is 9.96. The fourth-order valence-electron chi connectivity index (χ4n) is 4.50. The first kappa shape index (κ1) is 19.0. The quantitative estimate of drug-likeness (QED) is 0.764. The molecule has 2 saturated heterocycles. The van der Waals surface area contributed by atoms with Crippen molar-refractivity contribution in [2.24, 2.45) is 5.92 Å². The highest BCUT2D eigenvalue weighted by atomic mass is 32.1. The van der Waals surface area contributed by atoms with Gasteiger partial charge < -0.3 is 5.32 Å². The normalized spacial score (nSPS) is 27.6. The summed E-state index contributed by atoms with van der Waals surface area (Å²) < 4.78 is 1.23. The predicted octanol–water partition coefficient (Wildman–Crippen LogP) is 2.65. The molecule has 29 heavy (non-hydrogen) atoms. The summed E-state index contributed by atoms with van der Waals surface area (Å²) in [6.07, 6.45) is 2.05. The number of thiazole rings is 1. The Morgan fingerprint density at radius 2 is 1.93 bits per heavy atom. The zero-order valence-electron chi connectivity index (χ0n) is 16.9. The van der Waals surface area contributed by atoms with Crippen LogP contribution in [0.5, 0.6) is 0 Å². The van der Waals surface area contributed by atoms with E-state index < -0.39 is 5.54 Å². The van der Waals surface area contributed by atoms with E-state index in [0.29, 0.717) is 12.6 Å². The molecule has 2 aromatic rings.